The molecule has 0 saturated heterocycles. The van der Waals surface area contributed by atoms with Gasteiger partial charge in [0.05, 0.1) is 23.4 Å². The number of thiazole rings is 2. The first kappa shape index (κ1) is 14.0. The fourth-order valence-corrected chi connectivity index (χ4v) is 3.81. The van der Waals surface area contributed by atoms with Gasteiger partial charge in [-0.2, -0.15) is 0 Å². The number of hydrogen-bond donors (Lipinski definition) is 1. The van der Waals surface area contributed by atoms with Gasteiger partial charge in [-0.1, -0.05) is 6.92 Å². The molecule has 1 fully saturated rings. The Morgan fingerprint density at radius 1 is 1.45 bits per heavy atom. The smallest absolute Gasteiger partial charge is 0.185 e. The Hall–Kier alpha value is -0.980. The van der Waals surface area contributed by atoms with Crippen LogP contribution in [0, 0.1) is 0 Å². The summed E-state index contributed by atoms with van der Waals surface area (Å²) in [7, 11) is 2.10. The zero-order valence-corrected chi connectivity index (χ0v) is 13.6. The Morgan fingerprint density at radius 2 is 2.30 bits per heavy atom. The lowest BCUT2D eigenvalue weighted by Gasteiger charge is -2.13. The molecule has 0 amide bonds. The summed E-state index contributed by atoms with van der Waals surface area (Å²) in [6.07, 6.45) is 2.61. The molecule has 0 atom stereocenters. The molecule has 2 aromatic heterocycles. The van der Waals surface area contributed by atoms with E-state index in [1.54, 1.807) is 11.3 Å². The van der Waals surface area contributed by atoms with Gasteiger partial charge in [-0.25, -0.2) is 9.97 Å². The fraction of sp³-hybridized carbons (Fsp3) is 0.571. The van der Waals surface area contributed by atoms with Gasteiger partial charge in [0.1, 0.15) is 0 Å². The molecule has 4 nitrogen and oxygen atoms in total. The topological polar surface area (TPSA) is 41.0 Å². The zero-order chi connectivity index (χ0) is 13.9. The highest BCUT2D eigenvalue weighted by Crippen LogP contribution is 2.44. The maximum atomic E-state index is 4.89. The van der Waals surface area contributed by atoms with Crippen LogP contribution in [0.5, 0.6) is 0 Å². The van der Waals surface area contributed by atoms with E-state index in [0.717, 1.165) is 30.5 Å². The van der Waals surface area contributed by atoms with E-state index in [0.29, 0.717) is 5.92 Å². The SMILES string of the molecule is CCNCc1sc(N(C)Cc2cscn2)nc1C1CC1. The summed E-state index contributed by atoms with van der Waals surface area (Å²) in [5.74, 6) is 0.710. The van der Waals surface area contributed by atoms with Gasteiger partial charge in [-0.05, 0) is 19.4 Å². The molecular formula is C14H20N4S2. The normalized spacial score (nSPS) is 14.7. The van der Waals surface area contributed by atoms with E-state index < -0.39 is 0 Å². The number of rotatable bonds is 7. The monoisotopic (exact) mass is 308 g/mol. The fourth-order valence-electron chi connectivity index (χ4n) is 2.18. The molecule has 1 saturated carbocycles. The number of hydrogen-bond acceptors (Lipinski definition) is 6. The van der Waals surface area contributed by atoms with E-state index in [-0.39, 0.29) is 0 Å². The Labute approximate surface area is 127 Å². The Kier molecular flexibility index (Phi) is 4.33. The maximum absolute atomic E-state index is 4.89. The number of anilines is 1. The first-order valence-corrected chi connectivity index (χ1v) is 8.82. The Morgan fingerprint density at radius 3 is 2.95 bits per heavy atom. The molecule has 2 heterocycles. The minimum atomic E-state index is 0.710. The number of nitrogens with zero attached hydrogens (tertiary/aromatic N) is 3. The summed E-state index contributed by atoms with van der Waals surface area (Å²) in [6.45, 7) is 4.94. The lowest BCUT2D eigenvalue weighted by Crippen LogP contribution is -2.16. The standard InChI is InChI=1S/C14H20N4S2/c1-3-15-6-12-13(10-4-5-10)17-14(20-12)18(2)7-11-8-19-9-16-11/h8-10,15H,3-7H2,1-2H3. The summed E-state index contributed by atoms with van der Waals surface area (Å²) in [5.41, 5.74) is 4.34. The quantitative estimate of drug-likeness (QED) is 0.852. The zero-order valence-electron chi connectivity index (χ0n) is 11.9. The molecule has 2 aromatic rings. The van der Waals surface area contributed by atoms with Crippen LogP contribution < -0.4 is 10.2 Å². The summed E-state index contributed by atoms with van der Waals surface area (Å²) >= 11 is 3.47. The highest BCUT2D eigenvalue weighted by molar-refractivity contribution is 7.15. The molecule has 108 valence electrons. The van der Waals surface area contributed by atoms with Crippen molar-refractivity contribution in [2.24, 2.45) is 0 Å². The van der Waals surface area contributed by atoms with Crippen molar-refractivity contribution >= 4 is 27.8 Å². The Balaban J connectivity index is 1.75. The van der Waals surface area contributed by atoms with Gasteiger partial charge in [0, 0.05) is 29.8 Å². The van der Waals surface area contributed by atoms with Crippen LogP contribution in [-0.2, 0) is 13.1 Å². The molecule has 0 radical (unpaired) electrons. The maximum Gasteiger partial charge on any atom is 0.185 e. The third-order valence-corrected chi connectivity index (χ3v) is 5.25. The molecule has 0 unspecified atom stereocenters. The number of nitrogens with one attached hydrogen (secondary N) is 1. The molecule has 0 aromatic carbocycles. The van der Waals surface area contributed by atoms with Crippen molar-refractivity contribution in [3.05, 3.63) is 27.2 Å². The molecule has 1 N–H and O–H groups in total. The molecule has 20 heavy (non-hydrogen) atoms. The first-order chi connectivity index (χ1) is 9.78. The van der Waals surface area contributed by atoms with Crippen molar-refractivity contribution < 1.29 is 0 Å². The van der Waals surface area contributed by atoms with Crippen LogP contribution >= 0.6 is 22.7 Å². The van der Waals surface area contributed by atoms with E-state index in [2.05, 4.69) is 34.6 Å². The van der Waals surface area contributed by atoms with Gasteiger partial charge in [-0.3, -0.25) is 0 Å². The molecule has 6 heteroatoms. The summed E-state index contributed by atoms with van der Waals surface area (Å²) in [5, 5.41) is 6.65. The van der Waals surface area contributed by atoms with Gasteiger partial charge in [-0.15, -0.1) is 22.7 Å². The molecule has 1 aliphatic rings. The van der Waals surface area contributed by atoms with Crippen molar-refractivity contribution in [2.45, 2.75) is 38.8 Å². The molecular weight excluding hydrogens is 288 g/mol. The lowest BCUT2D eigenvalue weighted by molar-refractivity contribution is 0.726. The van der Waals surface area contributed by atoms with Crippen LogP contribution in [0.4, 0.5) is 5.13 Å². The molecule has 1 aliphatic carbocycles. The van der Waals surface area contributed by atoms with Crippen LogP contribution in [0.2, 0.25) is 0 Å². The van der Waals surface area contributed by atoms with Crippen molar-refractivity contribution in [2.75, 3.05) is 18.5 Å². The van der Waals surface area contributed by atoms with E-state index in [1.807, 2.05) is 16.8 Å². The first-order valence-electron chi connectivity index (χ1n) is 7.06. The highest BCUT2D eigenvalue weighted by atomic mass is 32.1. The summed E-state index contributed by atoms with van der Waals surface area (Å²) in [6, 6.07) is 0. The average molecular weight is 308 g/mol. The van der Waals surface area contributed by atoms with Gasteiger partial charge >= 0.3 is 0 Å². The second-order valence-corrected chi connectivity index (χ2v) is 6.98. The van der Waals surface area contributed by atoms with E-state index in [9.17, 15) is 0 Å². The molecule has 0 spiro atoms. The number of aromatic nitrogens is 2. The van der Waals surface area contributed by atoms with Crippen LogP contribution in [-0.4, -0.2) is 23.6 Å². The van der Waals surface area contributed by atoms with Crippen molar-refractivity contribution in [3.8, 4) is 0 Å². The second kappa shape index (κ2) is 6.20. The van der Waals surface area contributed by atoms with E-state index >= 15 is 0 Å². The summed E-state index contributed by atoms with van der Waals surface area (Å²) in [4.78, 5) is 12.9. The van der Waals surface area contributed by atoms with Gasteiger partial charge < -0.3 is 10.2 Å². The van der Waals surface area contributed by atoms with Crippen LogP contribution in [0.25, 0.3) is 0 Å². The van der Waals surface area contributed by atoms with E-state index in [4.69, 9.17) is 4.98 Å². The summed E-state index contributed by atoms with van der Waals surface area (Å²) < 4.78 is 0. The minimum absolute atomic E-state index is 0.710. The van der Waals surface area contributed by atoms with Gasteiger partial charge in [0.2, 0.25) is 0 Å². The second-order valence-electron chi connectivity index (χ2n) is 5.20. The van der Waals surface area contributed by atoms with Gasteiger partial charge in [0.25, 0.3) is 0 Å². The Bertz CT molecular complexity index is 546. The van der Waals surface area contributed by atoms with Crippen molar-refractivity contribution in [1.29, 1.82) is 0 Å². The predicted molar refractivity (Wildman–Crippen MR) is 85.7 cm³/mol. The largest absolute Gasteiger partial charge is 0.345 e. The van der Waals surface area contributed by atoms with Crippen molar-refractivity contribution in [1.82, 2.24) is 15.3 Å². The van der Waals surface area contributed by atoms with Crippen LogP contribution in [0.1, 0.15) is 41.9 Å². The van der Waals surface area contributed by atoms with E-state index in [1.165, 1.54) is 23.4 Å². The third-order valence-electron chi connectivity index (χ3n) is 3.43. The van der Waals surface area contributed by atoms with Crippen LogP contribution in [0.15, 0.2) is 10.9 Å². The lowest BCUT2D eigenvalue weighted by atomic mass is 10.2. The molecule has 0 aliphatic heterocycles. The predicted octanol–water partition coefficient (Wildman–Crippen LogP) is 3.22. The third kappa shape index (κ3) is 3.19. The minimum Gasteiger partial charge on any atom is -0.345 e. The highest BCUT2D eigenvalue weighted by Gasteiger charge is 2.30. The van der Waals surface area contributed by atoms with Gasteiger partial charge in [0.15, 0.2) is 5.13 Å². The average Bonchev–Trinajstić information content (AvgIpc) is 3.00. The molecule has 0 bridgehead atoms. The van der Waals surface area contributed by atoms with Crippen molar-refractivity contribution in [3.63, 3.8) is 0 Å². The molecule has 3 rings (SSSR count). The van der Waals surface area contributed by atoms with Crippen LogP contribution in [0.3, 0.4) is 0 Å².